The zero-order chi connectivity index (χ0) is 14.5. The van der Waals surface area contributed by atoms with Crippen molar-refractivity contribution in [1.82, 2.24) is 9.78 Å². The molecule has 0 spiro atoms. The highest BCUT2D eigenvalue weighted by Gasteiger charge is 2.07. The highest BCUT2D eigenvalue weighted by atomic mass is 16.1. The molecule has 0 radical (unpaired) electrons. The van der Waals surface area contributed by atoms with Crippen molar-refractivity contribution < 1.29 is 4.79 Å². The van der Waals surface area contributed by atoms with Gasteiger partial charge in [0.05, 0.1) is 6.20 Å². The van der Waals surface area contributed by atoms with Crippen LogP contribution >= 0.6 is 0 Å². The summed E-state index contributed by atoms with van der Waals surface area (Å²) in [5.74, 6) is 0.496. The van der Waals surface area contributed by atoms with Crippen molar-refractivity contribution in [3.63, 3.8) is 0 Å². The van der Waals surface area contributed by atoms with Gasteiger partial charge < -0.3 is 11.1 Å². The van der Waals surface area contributed by atoms with E-state index in [2.05, 4.69) is 10.4 Å². The lowest BCUT2D eigenvalue weighted by Gasteiger charge is -2.10. The van der Waals surface area contributed by atoms with E-state index in [1.165, 1.54) is 6.08 Å². The van der Waals surface area contributed by atoms with Gasteiger partial charge in [-0.25, -0.2) is 4.68 Å². The van der Waals surface area contributed by atoms with Crippen LogP contribution in [0.2, 0.25) is 0 Å². The van der Waals surface area contributed by atoms with Gasteiger partial charge in [-0.2, -0.15) is 5.10 Å². The molecule has 1 aromatic carbocycles. The van der Waals surface area contributed by atoms with Gasteiger partial charge in [0.15, 0.2) is 0 Å². The summed E-state index contributed by atoms with van der Waals surface area (Å²) in [5.41, 5.74) is 7.23. The number of nitrogens with zero attached hydrogens (tertiary/aromatic N) is 2. The lowest BCUT2D eigenvalue weighted by atomic mass is 10.2. The molecule has 0 unspecified atom stereocenters. The van der Waals surface area contributed by atoms with E-state index < -0.39 is 0 Å². The molecule has 20 heavy (non-hydrogen) atoms. The molecule has 0 aliphatic heterocycles. The number of carbonyl (C=O) groups is 1. The summed E-state index contributed by atoms with van der Waals surface area (Å²) < 4.78 is 1.76. The number of nitrogens with two attached hydrogens (primary N) is 1. The molecule has 2 aromatic rings. The molecular weight excluding hydrogens is 252 g/mol. The molecule has 104 valence electrons. The third-order valence-corrected chi connectivity index (χ3v) is 2.77. The minimum absolute atomic E-state index is 0.191. The topological polar surface area (TPSA) is 72.9 Å². The predicted molar refractivity (Wildman–Crippen MR) is 81.1 cm³/mol. The maximum absolute atomic E-state index is 11.9. The van der Waals surface area contributed by atoms with Crippen LogP contribution in [0.15, 0.2) is 42.6 Å². The van der Waals surface area contributed by atoms with E-state index in [4.69, 9.17) is 5.73 Å². The van der Waals surface area contributed by atoms with Crippen molar-refractivity contribution in [2.24, 2.45) is 0 Å². The van der Waals surface area contributed by atoms with Gasteiger partial charge in [-0.15, -0.1) is 0 Å². The molecule has 0 saturated carbocycles. The van der Waals surface area contributed by atoms with Gasteiger partial charge in [-0.05, 0) is 37.6 Å². The number of carbonyl (C=O) groups excluding carboxylic acids is 1. The van der Waals surface area contributed by atoms with Crippen LogP contribution in [-0.2, 0) is 4.79 Å². The van der Waals surface area contributed by atoms with E-state index in [-0.39, 0.29) is 11.9 Å². The number of nitrogens with one attached hydrogen (secondary N) is 1. The van der Waals surface area contributed by atoms with E-state index in [0.717, 1.165) is 5.56 Å². The second kappa shape index (κ2) is 6.06. The van der Waals surface area contributed by atoms with Crippen molar-refractivity contribution in [2.75, 3.05) is 11.1 Å². The van der Waals surface area contributed by atoms with Crippen LogP contribution in [0.3, 0.4) is 0 Å². The van der Waals surface area contributed by atoms with Crippen LogP contribution in [0.25, 0.3) is 6.08 Å². The van der Waals surface area contributed by atoms with Gasteiger partial charge in [0.2, 0.25) is 5.91 Å². The normalized spacial score (nSPS) is 11.2. The second-order valence-corrected chi connectivity index (χ2v) is 4.74. The van der Waals surface area contributed by atoms with Gasteiger partial charge in [0.25, 0.3) is 0 Å². The van der Waals surface area contributed by atoms with Crippen molar-refractivity contribution in [3.05, 3.63) is 48.2 Å². The first-order chi connectivity index (χ1) is 9.56. The SMILES string of the molecule is CC(C)n1nccc1NC(=O)/C=C/c1ccc(N)cc1. The fourth-order valence-electron chi connectivity index (χ4n) is 1.77. The maximum Gasteiger partial charge on any atom is 0.249 e. The standard InChI is InChI=1S/C15H18N4O/c1-11(2)19-14(9-10-17-19)18-15(20)8-5-12-3-6-13(16)7-4-12/h3-11H,16H2,1-2H3,(H,18,20)/b8-5+. The van der Waals surface area contributed by atoms with E-state index in [1.54, 1.807) is 35.2 Å². The van der Waals surface area contributed by atoms with Crippen molar-refractivity contribution >= 4 is 23.5 Å². The summed E-state index contributed by atoms with van der Waals surface area (Å²) in [6, 6.07) is 9.28. The van der Waals surface area contributed by atoms with Gasteiger partial charge in [-0.3, -0.25) is 4.79 Å². The summed E-state index contributed by atoms with van der Waals surface area (Å²) in [6.07, 6.45) is 4.90. The van der Waals surface area contributed by atoms with Crippen molar-refractivity contribution in [1.29, 1.82) is 0 Å². The molecule has 0 aliphatic rings. The maximum atomic E-state index is 11.9. The highest BCUT2D eigenvalue weighted by molar-refractivity contribution is 6.01. The Labute approximate surface area is 118 Å². The Kier molecular flexibility index (Phi) is 4.20. The summed E-state index contributed by atoms with van der Waals surface area (Å²) in [4.78, 5) is 11.9. The van der Waals surface area contributed by atoms with Gasteiger partial charge >= 0.3 is 0 Å². The van der Waals surface area contributed by atoms with Gasteiger partial charge in [0.1, 0.15) is 5.82 Å². The van der Waals surface area contributed by atoms with E-state index in [9.17, 15) is 4.79 Å². The van der Waals surface area contributed by atoms with Crippen LogP contribution < -0.4 is 11.1 Å². The molecule has 0 atom stereocenters. The first kappa shape index (κ1) is 13.9. The molecule has 0 fully saturated rings. The van der Waals surface area contributed by atoms with E-state index in [1.807, 2.05) is 26.0 Å². The Hall–Kier alpha value is -2.56. The average molecular weight is 270 g/mol. The van der Waals surface area contributed by atoms with Crippen molar-refractivity contribution in [3.8, 4) is 0 Å². The molecule has 3 N–H and O–H groups in total. The third-order valence-electron chi connectivity index (χ3n) is 2.77. The zero-order valence-electron chi connectivity index (χ0n) is 11.6. The van der Waals surface area contributed by atoms with E-state index in [0.29, 0.717) is 11.5 Å². The highest BCUT2D eigenvalue weighted by Crippen LogP contribution is 2.13. The summed E-state index contributed by atoms with van der Waals surface area (Å²) >= 11 is 0. The van der Waals surface area contributed by atoms with Crippen LogP contribution in [0, 0.1) is 0 Å². The summed E-state index contributed by atoms with van der Waals surface area (Å²) in [5, 5.41) is 6.96. The first-order valence-electron chi connectivity index (χ1n) is 6.44. The molecule has 5 nitrogen and oxygen atoms in total. The van der Waals surface area contributed by atoms with Crippen molar-refractivity contribution in [2.45, 2.75) is 19.9 Å². The molecule has 1 aromatic heterocycles. The monoisotopic (exact) mass is 270 g/mol. The minimum Gasteiger partial charge on any atom is -0.399 e. The molecular formula is C15H18N4O. The van der Waals surface area contributed by atoms with Crippen LogP contribution in [0.4, 0.5) is 11.5 Å². The first-order valence-corrected chi connectivity index (χ1v) is 6.44. The van der Waals surface area contributed by atoms with Crippen LogP contribution in [0.1, 0.15) is 25.5 Å². The predicted octanol–water partition coefficient (Wildman–Crippen LogP) is 2.70. The largest absolute Gasteiger partial charge is 0.399 e. The van der Waals surface area contributed by atoms with E-state index >= 15 is 0 Å². The summed E-state index contributed by atoms with van der Waals surface area (Å²) in [7, 11) is 0. The fraction of sp³-hybridized carbons (Fsp3) is 0.200. The fourth-order valence-corrected chi connectivity index (χ4v) is 1.77. The number of rotatable bonds is 4. The molecule has 1 heterocycles. The number of amides is 1. The second-order valence-electron chi connectivity index (χ2n) is 4.74. The third kappa shape index (κ3) is 3.47. The number of hydrogen-bond donors (Lipinski definition) is 2. The van der Waals surface area contributed by atoms with Gasteiger partial charge in [-0.1, -0.05) is 12.1 Å². The number of hydrogen-bond acceptors (Lipinski definition) is 3. The Bertz CT molecular complexity index is 611. The van der Waals surface area contributed by atoms with Gasteiger partial charge in [0, 0.05) is 23.9 Å². The molecule has 5 heteroatoms. The number of anilines is 2. The number of aromatic nitrogens is 2. The molecule has 0 saturated heterocycles. The smallest absolute Gasteiger partial charge is 0.249 e. The molecule has 0 aliphatic carbocycles. The van der Waals surface area contributed by atoms with Crippen LogP contribution in [-0.4, -0.2) is 15.7 Å². The number of benzene rings is 1. The Balaban J connectivity index is 2.02. The minimum atomic E-state index is -0.191. The quantitative estimate of drug-likeness (QED) is 0.662. The van der Waals surface area contributed by atoms with Crippen LogP contribution in [0.5, 0.6) is 0 Å². The Morgan fingerprint density at radius 1 is 1.30 bits per heavy atom. The lowest BCUT2D eigenvalue weighted by Crippen LogP contribution is -2.14. The Morgan fingerprint density at radius 3 is 2.65 bits per heavy atom. The lowest BCUT2D eigenvalue weighted by molar-refractivity contribution is -0.111. The average Bonchev–Trinajstić information content (AvgIpc) is 2.86. The number of nitrogen functional groups attached to an aromatic ring is 1. The molecule has 2 rings (SSSR count). The zero-order valence-corrected chi connectivity index (χ0v) is 11.6. The summed E-state index contributed by atoms with van der Waals surface area (Å²) in [6.45, 7) is 4.01. The molecule has 0 bridgehead atoms. The Morgan fingerprint density at radius 2 is 2.00 bits per heavy atom. The molecule has 1 amide bonds.